The van der Waals surface area contributed by atoms with Crippen LogP contribution in [-0.2, 0) is 11.2 Å². The molecule has 0 amide bonds. The molecule has 0 spiro atoms. The minimum atomic E-state index is -0.980. The van der Waals surface area contributed by atoms with Crippen LogP contribution < -0.4 is 4.74 Å². The van der Waals surface area contributed by atoms with Gasteiger partial charge in [-0.05, 0) is 31.0 Å². The summed E-state index contributed by atoms with van der Waals surface area (Å²) in [6.45, 7) is 3.57. The lowest BCUT2D eigenvalue weighted by Gasteiger charge is -2.13. The maximum absolute atomic E-state index is 10.8. The molecule has 4 heteroatoms. The van der Waals surface area contributed by atoms with Crippen LogP contribution in [0.2, 0.25) is 0 Å². The lowest BCUT2D eigenvalue weighted by atomic mass is 10.1. The molecule has 1 aromatic heterocycles. The zero-order valence-electron chi connectivity index (χ0n) is 10.4. The van der Waals surface area contributed by atoms with E-state index in [1.807, 2.05) is 18.2 Å². The summed E-state index contributed by atoms with van der Waals surface area (Å²) in [6, 6.07) is 7.54. The van der Waals surface area contributed by atoms with E-state index in [4.69, 9.17) is 9.84 Å². The number of pyridine rings is 1. The summed E-state index contributed by atoms with van der Waals surface area (Å²) in [5, 5.41) is 9.73. The molecular weight excluding hydrogens is 230 g/mol. The molecule has 2 rings (SSSR count). The molecule has 2 aromatic rings. The number of rotatable bonds is 4. The first-order valence-corrected chi connectivity index (χ1v) is 5.89. The minimum Gasteiger partial charge on any atom is -0.479 e. The number of carboxylic acid groups (broad SMARTS) is 1. The largest absolute Gasteiger partial charge is 0.479 e. The molecule has 1 aromatic carbocycles. The van der Waals surface area contributed by atoms with Gasteiger partial charge in [-0.3, -0.25) is 4.98 Å². The van der Waals surface area contributed by atoms with Crippen molar-refractivity contribution in [3.05, 3.63) is 36.0 Å². The number of fused-ring (bicyclic) bond motifs is 1. The number of hydrogen-bond acceptors (Lipinski definition) is 3. The van der Waals surface area contributed by atoms with Crippen LogP contribution in [0.4, 0.5) is 0 Å². The molecule has 0 aliphatic carbocycles. The summed E-state index contributed by atoms with van der Waals surface area (Å²) in [5.74, 6) is -0.420. The summed E-state index contributed by atoms with van der Waals surface area (Å²) < 4.78 is 5.45. The van der Waals surface area contributed by atoms with E-state index in [1.165, 1.54) is 6.92 Å². The highest BCUT2D eigenvalue weighted by molar-refractivity contribution is 5.87. The van der Waals surface area contributed by atoms with Gasteiger partial charge >= 0.3 is 5.97 Å². The van der Waals surface area contributed by atoms with Crippen molar-refractivity contribution in [1.29, 1.82) is 0 Å². The Morgan fingerprint density at radius 2 is 2.22 bits per heavy atom. The number of ether oxygens (including phenoxy) is 1. The lowest BCUT2D eigenvalue weighted by molar-refractivity contribution is -0.144. The number of para-hydroxylation sites is 1. The summed E-state index contributed by atoms with van der Waals surface area (Å²) in [4.78, 5) is 15.2. The average Bonchev–Trinajstić information content (AvgIpc) is 2.38. The third-order valence-corrected chi connectivity index (χ3v) is 2.85. The van der Waals surface area contributed by atoms with Crippen molar-refractivity contribution in [1.82, 2.24) is 4.98 Å². The zero-order valence-corrected chi connectivity index (χ0v) is 10.4. The van der Waals surface area contributed by atoms with Gasteiger partial charge in [-0.25, -0.2) is 4.79 Å². The lowest BCUT2D eigenvalue weighted by Crippen LogP contribution is -2.23. The van der Waals surface area contributed by atoms with Crippen LogP contribution in [0.15, 0.2) is 30.5 Å². The Morgan fingerprint density at radius 3 is 2.89 bits per heavy atom. The van der Waals surface area contributed by atoms with Gasteiger partial charge in [-0.15, -0.1) is 0 Å². The van der Waals surface area contributed by atoms with E-state index in [0.717, 1.165) is 22.9 Å². The molecule has 0 unspecified atom stereocenters. The average molecular weight is 245 g/mol. The fraction of sp³-hybridized carbons (Fsp3) is 0.286. The van der Waals surface area contributed by atoms with Gasteiger partial charge in [-0.1, -0.05) is 19.1 Å². The third-order valence-electron chi connectivity index (χ3n) is 2.85. The Labute approximate surface area is 105 Å². The first-order chi connectivity index (χ1) is 8.63. The molecule has 0 radical (unpaired) electrons. The second kappa shape index (κ2) is 5.04. The van der Waals surface area contributed by atoms with Crippen LogP contribution in [0.1, 0.15) is 19.4 Å². The van der Waals surface area contributed by atoms with Crippen LogP contribution in [-0.4, -0.2) is 22.2 Å². The van der Waals surface area contributed by atoms with Crippen LogP contribution in [0.5, 0.6) is 5.75 Å². The van der Waals surface area contributed by atoms with Crippen molar-refractivity contribution in [3.63, 3.8) is 0 Å². The molecule has 0 fully saturated rings. The molecule has 0 aliphatic rings. The minimum absolute atomic E-state index is 0.560. The maximum atomic E-state index is 10.8. The quantitative estimate of drug-likeness (QED) is 0.899. The van der Waals surface area contributed by atoms with Crippen molar-refractivity contribution >= 4 is 16.9 Å². The van der Waals surface area contributed by atoms with Crippen molar-refractivity contribution in [2.24, 2.45) is 0 Å². The van der Waals surface area contributed by atoms with Crippen LogP contribution in [0.3, 0.4) is 0 Å². The van der Waals surface area contributed by atoms with E-state index in [2.05, 4.69) is 11.9 Å². The highest BCUT2D eigenvalue weighted by Crippen LogP contribution is 2.27. The molecule has 94 valence electrons. The molecule has 0 bridgehead atoms. The standard InChI is InChI=1S/C14H15NO3/c1-3-10-5-4-6-11-12(7-8-15-13(10)11)18-9(2)14(16)17/h4-9H,3H2,1-2H3,(H,16,17)/t9-/m1/s1. The molecular formula is C14H15NO3. The van der Waals surface area contributed by atoms with Crippen molar-refractivity contribution in [3.8, 4) is 5.75 Å². The van der Waals surface area contributed by atoms with E-state index in [-0.39, 0.29) is 0 Å². The molecule has 1 N–H and O–H groups in total. The Morgan fingerprint density at radius 1 is 1.44 bits per heavy atom. The molecule has 0 saturated carbocycles. The van der Waals surface area contributed by atoms with E-state index in [0.29, 0.717) is 5.75 Å². The van der Waals surface area contributed by atoms with Gasteiger partial charge in [0.15, 0.2) is 6.10 Å². The second-order valence-corrected chi connectivity index (χ2v) is 4.07. The summed E-state index contributed by atoms with van der Waals surface area (Å²) in [5.41, 5.74) is 2.00. The number of carbonyl (C=O) groups is 1. The second-order valence-electron chi connectivity index (χ2n) is 4.07. The maximum Gasteiger partial charge on any atom is 0.344 e. The van der Waals surface area contributed by atoms with Gasteiger partial charge in [0.25, 0.3) is 0 Å². The van der Waals surface area contributed by atoms with Gasteiger partial charge in [0.05, 0.1) is 5.52 Å². The van der Waals surface area contributed by atoms with Gasteiger partial charge in [0, 0.05) is 11.6 Å². The fourth-order valence-electron chi connectivity index (χ4n) is 1.84. The summed E-state index contributed by atoms with van der Waals surface area (Å²) in [7, 11) is 0. The van der Waals surface area contributed by atoms with E-state index in [9.17, 15) is 4.79 Å². The van der Waals surface area contributed by atoms with Crippen LogP contribution in [0.25, 0.3) is 10.9 Å². The van der Waals surface area contributed by atoms with Gasteiger partial charge in [-0.2, -0.15) is 0 Å². The third kappa shape index (κ3) is 2.27. The van der Waals surface area contributed by atoms with Crippen LogP contribution in [0, 0.1) is 0 Å². The Balaban J connectivity index is 2.49. The van der Waals surface area contributed by atoms with Crippen molar-refractivity contribution in [2.45, 2.75) is 26.4 Å². The van der Waals surface area contributed by atoms with Gasteiger partial charge in [0.1, 0.15) is 5.75 Å². The predicted molar refractivity (Wildman–Crippen MR) is 68.8 cm³/mol. The van der Waals surface area contributed by atoms with E-state index in [1.54, 1.807) is 12.3 Å². The number of hydrogen-bond donors (Lipinski definition) is 1. The number of benzene rings is 1. The Hall–Kier alpha value is -2.10. The highest BCUT2D eigenvalue weighted by Gasteiger charge is 2.14. The fourth-order valence-corrected chi connectivity index (χ4v) is 1.84. The smallest absolute Gasteiger partial charge is 0.344 e. The first-order valence-electron chi connectivity index (χ1n) is 5.89. The van der Waals surface area contributed by atoms with E-state index >= 15 is 0 Å². The summed E-state index contributed by atoms with van der Waals surface area (Å²) in [6.07, 6.45) is 1.65. The number of nitrogens with zero attached hydrogens (tertiary/aromatic N) is 1. The zero-order chi connectivity index (χ0) is 13.1. The Kier molecular flexibility index (Phi) is 3.46. The molecule has 18 heavy (non-hydrogen) atoms. The van der Waals surface area contributed by atoms with Crippen LogP contribution >= 0.6 is 0 Å². The molecule has 0 aliphatic heterocycles. The van der Waals surface area contributed by atoms with Gasteiger partial charge in [0.2, 0.25) is 0 Å². The Bertz CT molecular complexity index is 580. The number of aromatic nitrogens is 1. The first kappa shape index (κ1) is 12.4. The number of carboxylic acids is 1. The normalized spacial score (nSPS) is 12.3. The molecule has 0 saturated heterocycles. The topological polar surface area (TPSA) is 59.4 Å². The monoisotopic (exact) mass is 245 g/mol. The molecule has 4 nitrogen and oxygen atoms in total. The van der Waals surface area contributed by atoms with Crippen molar-refractivity contribution < 1.29 is 14.6 Å². The van der Waals surface area contributed by atoms with Crippen molar-refractivity contribution in [2.75, 3.05) is 0 Å². The number of aliphatic carboxylic acids is 1. The SMILES string of the molecule is CCc1cccc2c(O[C@H](C)C(=O)O)ccnc12. The predicted octanol–water partition coefficient (Wildman–Crippen LogP) is 2.65. The number of aryl methyl sites for hydroxylation is 1. The van der Waals surface area contributed by atoms with Gasteiger partial charge < -0.3 is 9.84 Å². The summed E-state index contributed by atoms with van der Waals surface area (Å²) >= 11 is 0. The highest BCUT2D eigenvalue weighted by atomic mass is 16.5. The molecule has 1 heterocycles. The molecule has 1 atom stereocenters. The van der Waals surface area contributed by atoms with E-state index < -0.39 is 12.1 Å².